The SMILES string of the molecule is COC(=O)c1cc(-c2ccsc2)nc(C)n1. The zero-order chi connectivity index (χ0) is 11.5. The van der Waals surface area contributed by atoms with Gasteiger partial charge in [-0.15, -0.1) is 0 Å². The molecule has 0 saturated carbocycles. The molecule has 5 heteroatoms. The number of nitrogens with zero attached hydrogens (tertiary/aromatic N) is 2. The molecule has 0 spiro atoms. The number of carbonyl (C=O) groups excluding carboxylic acids is 1. The van der Waals surface area contributed by atoms with Crippen molar-refractivity contribution < 1.29 is 9.53 Å². The van der Waals surface area contributed by atoms with Gasteiger partial charge in [-0.25, -0.2) is 14.8 Å². The number of ether oxygens (including phenoxy) is 1. The van der Waals surface area contributed by atoms with E-state index < -0.39 is 5.97 Å². The van der Waals surface area contributed by atoms with Crippen LogP contribution in [0.1, 0.15) is 16.3 Å². The lowest BCUT2D eigenvalue weighted by Crippen LogP contribution is -2.06. The van der Waals surface area contributed by atoms with Crippen molar-refractivity contribution in [2.75, 3.05) is 7.11 Å². The van der Waals surface area contributed by atoms with Crippen molar-refractivity contribution in [2.24, 2.45) is 0 Å². The van der Waals surface area contributed by atoms with Gasteiger partial charge in [-0.1, -0.05) is 0 Å². The van der Waals surface area contributed by atoms with Crippen molar-refractivity contribution in [3.63, 3.8) is 0 Å². The maximum absolute atomic E-state index is 11.4. The molecule has 0 fully saturated rings. The fraction of sp³-hybridized carbons (Fsp3) is 0.182. The number of carbonyl (C=O) groups is 1. The summed E-state index contributed by atoms with van der Waals surface area (Å²) in [4.78, 5) is 19.7. The number of hydrogen-bond acceptors (Lipinski definition) is 5. The Balaban J connectivity index is 2.48. The zero-order valence-corrected chi connectivity index (χ0v) is 9.75. The molecule has 0 aromatic carbocycles. The Morgan fingerprint density at radius 3 is 2.88 bits per heavy atom. The highest BCUT2D eigenvalue weighted by Crippen LogP contribution is 2.20. The van der Waals surface area contributed by atoms with Crippen molar-refractivity contribution in [2.45, 2.75) is 6.92 Å². The van der Waals surface area contributed by atoms with E-state index >= 15 is 0 Å². The van der Waals surface area contributed by atoms with E-state index in [1.54, 1.807) is 24.3 Å². The molecule has 0 aliphatic rings. The summed E-state index contributed by atoms with van der Waals surface area (Å²) < 4.78 is 4.64. The molecule has 0 aliphatic heterocycles. The first kappa shape index (κ1) is 10.8. The lowest BCUT2D eigenvalue weighted by Gasteiger charge is -2.03. The van der Waals surface area contributed by atoms with E-state index in [0.717, 1.165) is 11.3 Å². The monoisotopic (exact) mass is 234 g/mol. The van der Waals surface area contributed by atoms with Crippen LogP contribution in [0.25, 0.3) is 11.3 Å². The molecule has 0 amide bonds. The van der Waals surface area contributed by atoms with E-state index in [0.29, 0.717) is 5.82 Å². The van der Waals surface area contributed by atoms with Gasteiger partial charge >= 0.3 is 5.97 Å². The summed E-state index contributed by atoms with van der Waals surface area (Å²) in [6.07, 6.45) is 0. The summed E-state index contributed by atoms with van der Waals surface area (Å²) in [5.74, 6) is 0.117. The van der Waals surface area contributed by atoms with Crippen molar-refractivity contribution in [3.8, 4) is 11.3 Å². The molecule has 0 saturated heterocycles. The fourth-order valence-electron chi connectivity index (χ4n) is 1.33. The van der Waals surface area contributed by atoms with E-state index in [2.05, 4.69) is 14.7 Å². The van der Waals surface area contributed by atoms with Crippen LogP contribution in [0.5, 0.6) is 0 Å². The zero-order valence-electron chi connectivity index (χ0n) is 8.93. The van der Waals surface area contributed by atoms with Crippen LogP contribution < -0.4 is 0 Å². The van der Waals surface area contributed by atoms with Gasteiger partial charge in [0.05, 0.1) is 12.8 Å². The van der Waals surface area contributed by atoms with Gasteiger partial charge < -0.3 is 4.74 Å². The summed E-state index contributed by atoms with van der Waals surface area (Å²) in [6, 6.07) is 3.59. The largest absolute Gasteiger partial charge is 0.464 e. The van der Waals surface area contributed by atoms with Crippen LogP contribution in [0.15, 0.2) is 22.9 Å². The third-order valence-corrected chi connectivity index (χ3v) is 2.73. The van der Waals surface area contributed by atoms with Crippen molar-refractivity contribution in [1.29, 1.82) is 0 Å². The summed E-state index contributed by atoms with van der Waals surface area (Å²) >= 11 is 1.58. The van der Waals surface area contributed by atoms with Crippen molar-refractivity contribution >= 4 is 17.3 Å². The number of esters is 1. The smallest absolute Gasteiger partial charge is 0.356 e. The Kier molecular flexibility index (Phi) is 2.96. The van der Waals surface area contributed by atoms with E-state index in [-0.39, 0.29) is 5.69 Å². The van der Waals surface area contributed by atoms with Gasteiger partial charge in [0.25, 0.3) is 0 Å². The lowest BCUT2D eigenvalue weighted by atomic mass is 10.2. The molecule has 2 heterocycles. The molecule has 0 unspecified atom stereocenters. The minimum absolute atomic E-state index is 0.288. The Labute approximate surface area is 96.9 Å². The molecule has 82 valence electrons. The molecule has 0 atom stereocenters. The number of aromatic nitrogens is 2. The maximum Gasteiger partial charge on any atom is 0.356 e. The predicted molar refractivity (Wildman–Crippen MR) is 61.4 cm³/mol. The van der Waals surface area contributed by atoms with Crippen LogP contribution >= 0.6 is 11.3 Å². The van der Waals surface area contributed by atoms with Gasteiger partial charge in [-0.2, -0.15) is 11.3 Å². The molecule has 0 N–H and O–H groups in total. The second kappa shape index (κ2) is 4.40. The van der Waals surface area contributed by atoms with Crippen LogP contribution in [-0.2, 0) is 4.74 Å². The Morgan fingerprint density at radius 2 is 2.25 bits per heavy atom. The molecular weight excluding hydrogens is 224 g/mol. The normalized spacial score (nSPS) is 10.1. The van der Waals surface area contributed by atoms with Crippen LogP contribution in [0.3, 0.4) is 0 Å². The fourth-order valence-corrected chi connectivity index (χ4v) is 1.98. The van der Waals surface area contributed by atoms with Crippen molar-refractivity contribution in [3.05, 3.63) is 34.4 Å². The first-order chi connectivity index (χ1) is 7.70. The first-order valence-electron chi connectivity index (χ1n) is 4.67. The highest BCUT2D eigenvalue weighted by Gasteiger charge is 2.11. The molecule has 16 heavy (non-hydrogen) atoms. The number of aryl methyl sites for hydroxylation is 1. The van der Waals surface area contributed by atoms with Gasteiger partial charge in [0.2, 0.25) is 0 Å². The summed E-state index contributed by atoms with van der Waals surface area (Å²) in [5.41, 5.74) is 2.02. The molecule has 0 radical (unpaired) electrons. The molecule has 2 aromatic heterocycles. The molecule has 2 aromatic rings. The van der Waals surface area contributed by atoms with Crippen LogP contribution in [0.2, 0.25) is 0 Å². The van der Waals surface area contributed by atoms with E-state index in [4.69, 9.17) is 0 Å². The second-order valence-electron chi connectivity index (χ2n) is 3.19. The van der Waals surface area contributed by atoms with E-state index in [1.807, 2.05) is 16.8 Å². The molecule has 4 nitrogen and oxygen atoms in total. The highest BCUT2D eigenvalue weighted by molar-refractivity contribution is 7.08. The van der Waals surface area contributed by atoms with Crippen LogP contribution in [0, 0.1) is 6.92 Å². The first-order valence-corrected chi connectivity index (χ1v) is 5.61. The Hall–Kier alpha value is -1.75. The molecule has 0 bridgehead atoms. The second-order valence-corrected chi connectivity index (χ2v) is 3.97. The van der Waals surface area contributed by atoms with Gasteiger partial charge in [0, 0.05) is 10.9 Å². The molecular formula is C11H10N2O2S. The number of methoxy groups -OCH3 is 1. The number of rotatable bonds is 2. The van der Waals surface area contributed by atoms with E-state index in [1.165, 1.54) is 7.11 Å². The van der Waals surface area contributed by atoms with Gasteiger partial charge in [-0.05, 0) is 24.4 Å². The summed E-state index contributed by atoms with van der Waals surface area (Å²) in [5, 5.41) is 3.94. The average molecular weight is 234 g/mol. The predicted octanol–water partition coefficient (Wildman–Crippen LogP) is 2.30. The topological polar surface area (TPSA) is 52.1 Å². The van der Waals surface area contributed by atoms with Gasteiger partial charge in [-0.3, -0.25) is 0 Å². The Bertz CT molecular complexity index is 509. The quantitative estimate of drug-likeness (QED) is 0.748. The minimum Gasteiger partial charge on any atom is -0.464 e. The lowest BCUT2D eigenvalue weighted by molar-refractivity contribution is 0.0593. The number of hydrogen-bond donors (Lipinski definition) is 0. The summed E-state index contributed by atoms with van der Waals surface area (Å²) in [7, 11) is 1.34. The third kappa shape index (κ3) is 2.09. The van der Waals surface area contributed by atoms with Gasteiger partial charge in [0.1, 0.15) is 5.82 Å². The van der Waals surface area contributed by atoms with Crippen molar-refractivity contribution in [1.82, 2.24) is 9.97 Å². The van der Waals surface area contributed by atoms with Gasteiger partial charge in [0.15, 0.2) is 5.69 Å². The van der Waals surface area contributed by atoms with Crippen LogP contribution in [-0.4, -0.2) is 23.0 Å². The minimum atomic E-state index is -0.443. The highest BCUT2D eigenvalue weighted by atomic mass is 32.1. The summed E-state index contributed by atoms with van der Waals surface area (Å²) in [6.45, 7) is 1.75. The average Bonchev–Trinajstić information content (AvgIpc) is 2.80. The third-order valence-electron chi connectivity index (χ3n) is 2.05. The van der Waals surface area contributed by atoms with Crippen LogP contribution in [0.4, 0.5) is 0 Å². The van der Waals surface area contributed by atoms with E-state index in [9.17, 15) is 4.79 Å². The maximum atomic E-state index is 11.4. The Morgan fingerprint density at radius 1 is 1.44 bits per heavy atom. The molecule has 0 aliphatic carbocycles. The standard InChI is InChI=1S/C11H10N2O2S/c1-7-12-9(8-3-4-16-6-8)5-10(13-7)11(14)15-2/h3-6H,1-2H3. The number of thiophene rings is 1. The molecule has 2 rings (SSSR count).